The van der Waals surface area contributed by atoms with Crippen molar-refractivity contribution in [1.29, 1.82) is 0 Å². The summed E-state index contributed by atoms with van der Waals surface area (Å²) in [4.78, 5) is 23.7. The van der Waals surface area contributed by atoms with Crippen molar-refractivity contribution in [3.8, 4) is 0 Å². The highest BCUT2D eigenvalue weighted by Crippen LogP contribution is 2.48. The predicted octanol–water partition coefficient (Wildman–Crippen LogP) is 4.35. The number of rotatable bonds is 5. The van der Waals surface area contributed by atoms with Gasteiger partial charge in [0.1, 0.15) is 5.82 Å². The third-order valence-electron chi connectivity index (χ3n) is 8.40. The van der Waals surface area contributed by atoms with E-state index in [4.69, 9.17) is 16.3 Å². The second-order valence-electron chi connectivity index (χ2n) is 10.7. The normalized spacial score (nSPS) is 28.9. The highest BCUT2D eigenvalue weighted by atomic mass is 35.5. The van der Waals surface area contributed by atoms with Crippen molar-refractivity contribution in [2.24, 2.45) is 5.92 Å². The number of pyridine rings is 2. The molecule has 7 nitrogen and oxygen atoms in total. The average molecular weight is 507 g/mol. The number of carbonyl (C=O) groups is 1. The molecule has 0 unspecified atom stereocenters. The molecule has 2 aromatic heterocycles. The Balaban J connectivity index is 1.15. The van der Waals surface area contributed by atoms with E-state index in [1.807, 2.05) is 24.3 Å². The van der Waals surface area contributed by atoms with Gasteiger partial charge >= 0.3 is 0 Å². The van der Waals surface area contributed by atoms with Crippen molar-refractivity contribution in [2.45, 2.75) is 49.7 Å². The van der Waals surface area contributed by atoms with Crippen LogP contribution in [0.3, 0.4) is 0 Å². The van der Waals surface area contributed by atoms with Crippen LogP contribution in [0.5, 0.6) is 0 Å². The van der Waals surface area contributed by atoms with Gasteiger partial charge in [0.15, 0.2) is 0 Å². The summed E-state index contributed by atoms with van der Waals surface area (Å²) in [6, 6.07) is 10.0. The van der Waals surface area contributed by atoms with Crippen LogP contribution in [-0.4, -0.2) is 63.8 Å². The van der Waals surface area contributed by atoms with E-state index in [2.05, 4.69) is 33.2 Å². The molecule has 2 N–H and O–H groups in total. The second-order valence-corrected chi connectivity index (χ2v) is 11.1. The number of nitrogens with one attached hydrogen (secondary N) is 1. The molecule has 0 bridgehead atoms. The number of benzene rings is 1. The summed E-state index contributed by atoms with van der Waals surface area (Å²) in [7, 11) is 0. The van der Waals surface area contributed by atoms with Crippen LogP contribution in [0.25, 0.3) is 10.8 Å². The lowest BCUT2D eigenvalue weighted by Crippen LogP contribution is -2.56. The van der Waals surface area contributed by atoms with E-state index in [1.54, 1.807) is 18.6 Å². The van der Waals surface area contributed by atoms with Crippen LogP contribution in [0.1, 0.15) is 49.1 Å². The number of aliphatic hydroxyl groups excluding tert-OH is 1. The summed E-state index contributed by atoms with van der Waals surface area (Å²) in [5.74, 6) is 1.15. The molecule has 3 aromatic rings. The van der Waals surface area contributed by atoms with Gasteiger partial charge in [-0.25, -0.2) is 4.98 Å². The third-order valence-corrected chi connectivity index (χ3v) is 8.72. The Hall–Kier alpha value is -2.58. The Morgan fingerprint density at radius 2 is 1.97 bits per heavy atom. The maximum Gasteiger partial charge on any atom is 0.229 e. The van der Waals surface area contributed by atoms with Gasteiger partial charge < -0.3 is 15.2 Å². The van der Waals surface area contributed by atoms with Crippen LogP contribution >= 0.6 is 11.6 Å². The largest absolute Gasteiger partial charge is 0.389 e. The number of nitrogens with zero attached hydrogens (tertiary/aromatic N) is 3. The molecule has 1 saturated carbocycles. The molecular formula is C28H31ClN4O3. The van der Waals surface area contributed by atoms with E-state index in [0.717, 1.165) is 59.3 Å². The van der Waals surface area contributed by atoms with Crippen molar-refractivity contribution in [2.75, 3.05) is 31.6 Å². The smallest absolute Gasteiger partial charge is 0.229 e. The summed E-state index contributed by atoms with van der Waals surface area (Å²) < 4.78 is 5.54. The zero-order valence-electron chi connectivity index (χ0n) is 20.4. The number of fused-ring (bicyclic) bond motifs is 1. The van der Waals surface area contributed by atoms with Crippen molar-refractivity contribution in [3.63, 3.8) is 0 Å². The number of halogens is 1. The number of aromatic nitrogens is 2. The highest BCUT2D eigenvalue weighted by Gasteiger charge is 2.45. The fraction of sp³-hybridized carbons (Fsp3) is 0.464. The molecule has 1 aliphatic carbocycles. The number of hydrogen-bond acceptors (Lipinski definition) is 6. The number of amides is 1. The number of piperidine rings is 1. The topological polar surface area (TPSA) is 87.6 Å². The van der Waals surface area contributed by atoms with E-state index in [9.17, 15) is 9.90 Å². The molecule has 3 fully saturated rings. The van der Waals surface area contributed by atoms with E-state index < -0.39 is 6.10 Å². The maximum absolute atomic E-state index is 12.8. The van der Waals surface area contributed by atoms with Gasteiger partial charge in [0.2, 0.25) is 5.91 Å². The molecule has 1 aromatic carbocycles. The van der Waals surface area contributed by atoms with Gasteiger partial charge in [-0.3, -0.25) is 14.7 Å². The van der Waals surface area contributed by atoms with Crippen LogP contribution in [0.15, 0.2) is 48.9 Å². The lowest BCUT2D eigenvalue weighted by molar-refractivity contribution is -0.117. The van der Waals surface area contributed by atoms with E-state index in [1.165, 1.54) is 0 Å². The molecule has 0 radical (unpaired) electrons. The minimum Gasteiger partial charge on any atom is -0.389 e. The fourth-order valence-corrected chi connectivity index (χ4v) is 6.23. The molecule has 36 heavy (non-hydrogen) atoms. The third kappa shape index (κ3) is 4.39. The number of hydrogen-bond donors (Lipinski definition) is 2. The van der Waals surface area contributed by atoms with E-state index in [-0.39, 0.29) is 23.3 Å². The van der Waals surface area contributed by atoms with Gasteiger partial charge in [0.05, 0.1) is 24.9 Å². The van der Waals surface area contributed by atoms with Crippen LogP contribution in [0.2, 0.25) is 5.02 Å². The number of ether oxygens (including phenoxy) is 1. The van der Waals surface area contributed by atoms with Gasteiger partial charge in [-0.15, -0.1) is 0 Å². The lowest BCUT2D eigenvalue weighted by Gasteiger charge is -2.43. The molecular weight excluding hydrogens is 476 g/mol. The lowest BCUT2D eigenvalue weighted by atomic mass is 9.85. The summed E-state index contributed by atoms with van der Waals surface area (Å²) in [5, 5.41) is 16.2. The minimum absolute atomic E-state index is 0.0109. The molecule has 4 heterocycles. The summed E-state index contributed by atoms with van der Waals surface area (Å²) in [5.41, 5.74) is 1.99. The molecule has 0 spiro atoms. The number of aliphatic hydroxyl groups is 1. The van der Waals surface area contributed by atoms with Gasteiger partial charge in [0.25, 0.3) is 0 Å². The molecule has 188 valence electrons. The molecule has 8 heteroatoms. The first kappa shape index (κ1) is 23.8. The molecule has 2 aliphatic heterocycles. The molecule has 3 aliphatic rings. The Morgan fingerprint density at radius 1 is 1.19 bits per heavy atom. The quantitative estimate of drug-likeness (QED) is 0.535. The van der Waals surface area contributed by atoms with Gasteiger partial charge in [-0.05, 0) is 98.0 Å². The first-order valence-electron chi connectivity index (χ1n) is 12.7. The van der Waals surface area contributed by atoms with E-state index in [0.29, 0.717) is 24.9 Å². The Bertz CT molecular complexity index is 1280. The van der Waals surface area contributed by atoms with Crippen molar-refractivity contribution >= 4 is 34.1 Å². The first-order chi connectivity index (χ1) is 17.4. The second kappa shape index (κ2) is 9.38. The Kier molecular flexibility index (Phi) is 6.20. The van der Waals surface area contributed by atoms with Crippen LogP contribution in [0, 0.1) is 5.92 Å². The number of anilines is 1. The van der Waals surface area contributed by atoms with Gasteiger partial charge in [0, 0.05) is 34.9 Å². The maximum atomic E-state index is 12.8. The number of likely N-dealkylation sites (tertiary alicyclic amines) is 1. The standard InChI is InChI=1S/C28H31ClN4O3/c1-28(16-36-15-25(28)34)33-8-4-18(5-9-33)22-10-19-12-26(31-14-20(19)11-24(22)29)32-27(35)23-13-21(23)17-2-6-30-7-3-17/h2-3,6-7,10-12,14,18,21,23,25,34H,4-5,8-9,13,15-16H2,1H3,(H,31,32,35)/t21-,23+,25-,28+/m1/s1. The van der Waals surface area contributed by atoms with Gasteiger partial charge in [-0.1, -0.05) is 11.6 Å². The van der Waals surface area contributed by atoms with Crippen molar-refractivity contribution in [3.05, 3.63) is 65.1 Å². The minimum atomic E-state index is -0.449. The molecule has 2 saturated heterocycles. The fourth-order valence-electron chi connectivity index (χ4n) is 5.90. The SMILES string of the molecule is C[C@]1(N2CCC(c3cc4cc(NC(=O)[C@H]5C[C@@H]5c5ccncc5)ncc4cc3Cl)CC2)COC[C@H]1O. The molecule has 1 amide bonds. The summed E-state index contributed by atoms with van der Waals surface area (Å²) in [6.45, 7) is 4.87. The zero-order chi connectivity index (χ0) is 24.9. The average Bonchev–Trinajstić information content (AvgIpc) is 3.63. The summed E-state index contributed by atoms with van der Waals surface area (Å²) in [6.07, 6.45) is 7.67. The summed E-state index contributed by atoms with van der Waals surface area (Å²) >= 11 is 6.72. The number of carbonyl (C=O) groups excluding carboxylic acids is 1. The van der Waals surface area contributed by atoms with Crippen molar-refractivity contribution in [1.82, 2.24) is 14.9 Å². The molecule has 6 rings (SSSR count). The monoisotopic (exact) mass is 506 g/mol. The molecule has 4 atom stereocenters. The Labute approximate surface area is 215 Å². The first-order valence-corrected chi connectivity index (χ1v) is 13.1. The highest BCUT2D eigenvalue weighted by molar-refractivity contribution is 6.32. The van der Waals surface area contributed by atoms with E-state index >= 15 is 0 Å². The van der Waals surface area contributed by atoms with Crippen LogP contribution in [-0.2, 0) is 9.53 Å². The van der Waals surface area contributed by atoms with Crippen molar-refractivity contribution < 1.29 is 14.6 Å². The zero-order valence-corrected chi connectivity index (χ0v) is 21.1. The Morgan fingerprint density at radius 3 is 2.69 bits per heavy atom. The predicted molar refractivity (Wildman–Crippen MR) is 139 cm³/mol. The van der Waals surface area contributed by atoms with Crippen LogP contribution < -0.4 is 5.32 Å². The van der Waals surface area contributed by atoms with Gasteiger partial charge in [-0.2, -0.15) is 0 Å². The van der Waals surface area contributed by atoms with Crippen LogP contribution in [0.4, 0.5) is 5.82 Å².